The molecule has 4 unspecified atom stereocenters. The van der Waals surface area contributed by atoms with Crippen LogP contribution in [0.1, 0.15) is 32.7 Å². The lowest BCUT2D eigenvalue weighted by atomic mass is 10.1. The van der Waals surface area contributed by atoms with Crippen molar-refractivity contribution >= 4 is 108 Å². The number of aliphatic hydroxyl groups is 3. The molecule has 0 aliphatic carbocycles. The first-order valence-corrected chi connectivity index (χ1v) is 31.0. The average molecular weight is 1310 g/mol. The summed E-state index contributed by atoms with van der Waals surface area (Å²) < 4.78 is 109. The van der Waals surface area contributed by atoms with Crippen LogP contribution < -0.4 is 55.5 Å². The molecule has 0 spiro atoms. The average Bonchev–Trinajstić information content (AvgIpc) is 4.32. The minimum absolute atomic E-state index is 0.0232. The second kappa shape index (κ2) is 23.1. The van der Waals surface area contributed by atoms with Crippen LogP contribution in [-0.4, -0.2) is 164 Å². The van der Waals surface area contributed by atoms with Crippen LogP contribution in [0.25, 0.3) is 22.3 Å². The Morgan fingerprint density at radius 1 is 0.785 bits per heavy atom. The number of fused-ring (bicyclic) bond motifs is 3. The Morgan fingerprint density at radius 2 is 1.42 bits per heavy atom. The number of aromatic amines is 2. The van der Waals surface area contributed by atoms with E-state index in [0.29, 0.717) is 6.54 Å². The Balaban J connectivity index is 0.831. The molecule has 3 saturated heterocycles. The normalized spacial score (nSPS) is 29.3. The van der Waals surface area contributed by atoms with E-state index in [-0.39, 0.29) is 63.9 Å². The highest BCUT2D eigenvalue weighted by molar-refractivity contribution is 14.2. The Bertz CT molecular complexity index is 3430. The van der Waals surface area contributed by atoms with E-state index in [9.17, 15) is 62.7 Å². The third-order valence-corrected chi connectivity index (χ3v) is 19.3. The third kappa shape index (κ3) is 13.0. The maximum Gasteiger partial charge on any atom is 0.280 e. The number of ether oxygens (including phenoxy) is 4. The van der Waals surface area contributed by atoms with Crippen molar-refractivity contribution in [2.45, 2.75) is 87.8 Å². The molecule has 0 aromatic carbocycles. The number of phosphoric ester groups is 3. The monoisotopic (exact) mass is 1310 g/mol. The van der Waals surface area contributed by atoms with E-state index in [4.69, 9.17) is 44.0 Å². The molecule has 0 saturated carbocycles. The number of hydrogen-bond acceptors (Lipinski definition) is 34. The Morgan fingerprint density at radius 3 is 2.10 bits per heavy atom. The van der Waals surface area contributed by atoms with Crippen molar-refractivity contribution in [3.63, 3.8) is 0 Å². The van der Waals surface area contributed by atoms with Crippen molar-refractivity contribution in [2.75, 3.05) is 65.3 Å². The van der Waals surface area contributed by atoms with E-state index < -0.39 is 151 Å². The van der Waals surface area contributed by atoms with Crippen molar-refractivity contribution < 1.29 is 98.8 Å². The minimum Gasteiger partial charge on any atom is -0.756 e. The van der Waals surface area contributed by atoms with Crippen LogP contribution in [0.5, 0.6) is 0 Å². The predicted molar refractivity (Wildman–Crippen MR) is 267 cm³/mol. The molecule has 38 nitrogen and oxygen atoms in total. The van der Waals surface area contributed by atoms with Gasteiger partial charge in [-0.05, 0) is 5.92 Å². The number of nitrogens with one attached hydrogen (secondary N) is 3. The number of H-pyrrole nitrogens is 2. The van der Waals surface area contributed by atoms with Crippen molar-refractivity contribution in [1.82, 2.24) is 49.0 Å². The molecule has 3 fully saturated rings. The van der Waals surface area contributed by atoms with E-state index in [2.05, 4.69) is 58.3 Å². The molecule has 4 aliphatic heterocycles. The molecule has 5 aromatic heterocycles. The van der Waals surface area contributed by atoms with Crippen LogP contribution in [0, 0.1) is 5.92 Å². The topological polar surface area (TPSA) is 537 Å². The smallest absolute Gasteiger partial charge is 0.280 e. The second-order valence-corrected chi connectivity index (χ2v) is 26.4. The third-order valence-electron chi connectivity index (χ3n) is 12.0. The van der Waals surface area contributed by atoms with E-state index in [1.165, 1.54) is 4.90 Å². The Kier molecular flexibility index (Phi) is 17.3. The van der Waals surface area contributed by atoms with Gasteiger partial charge in [-0.1, -0.05) is 13.8 Å². The summed E-state index contributed by atoms with van der Waals surface area (Å²) in [6, 6.07) is 0. The summed E-state index contributed by atoms with van der Waals surface area (Å²) in [5.41, 5.74) is 10.2. The van der Waals surface area contributed by atoms with Gasteiger partial charge in [0.1, 0.15) is 60.8 Å². The molecule has 15 atom stereocenters. The van der Waals surface area contributed by atoms with Gasteiger partial charge in [0.2, 0.25) is 11.9 Å². The molecule has 43 heteroatoms. The van der Waals surface area contributed by atoms with E-state index in [1.807, 2.05) is 13.8 Å². The van der Waals surface area contributed by atoms with Gasteiger partial charge in [0, 0.05) is 48.1 Å². The van der Waals surface area contributed by atoms with Crippen LogP contribution >= 0.6 is 52.3 Å². The second-order valence-electron chi connectivity index (χ2n) is 18.0. The van der Waals surface area contributed by atoms with Crippen LogP contribution in [0.3, 0.4) is 0 Å². The lowest BCUT2D eigenvalue weighted by Gasteiger charge is -2.35. The van der Waals surface area contributed by atoms with Gasteiger partial charge < -0.3 is 91.8 Å². The van der Waals surface area contributed by atoms with Gasteiger partial charge in [0.15, 0.2) is 46.6 Å². The zero-order valence-electron chi connectivity index (χ0n) is 41.1. The standard InChI is InChI=1S/C36H52IN15O23P4/c1-14(2)6-40-36-46-30-22(32(57)48-36)49(3)37-10-50(30)19-5-15(53)16(70-19)7-68-77(60,61)74-79(64,65)75-78(62,63)69-9-18-25(66-4)26(34(72-18)51-12-43-20-27(38)41-11-42-28(20)51)73-76(58,59)67-8-17-23(54)24(55)33(71-17)52-13-44-21-29(52)45-35(39)47-31(21)56/h10-19,23-26,33-34,53-55H,5-9H2,1-4H3,(H,58,59)(H,60,61)(H,62,63)(H,64,65)(H2,38,41,42)(H3,39,45,47,56)(H2,40,46,48,57)/p-4/t15-,16+,17+,18+,19+,23+,24+,25+,26+,33+,34+/m0/s1. The molecule has 9 heterocycles. The lowest BCUT2D eigenvalue weighted by molar-refractivity contribution is -0.253. The highest BCUT2D eigenvalue weighted by Gasteiger charge is 2.51. The summed E-state index contributed by atoms with van der Waals surface area (Å²) in [7, 11) is -21.7. The molecule has 436 valence electrons. The highest BCUT2D eigenvalue weighted by atomic mass is 127. The number of anilines is 5. The largest absolute Gasteiger partial charge is 0.756 e. The first kappa shape index (κ1) is 59.2. The summed E-state index contributed by atoms with van der Waals surface area (Å²) in [4.78, 5) is 108. The van der Waals surface area contributed by atoms with Gasteiger partial charge in [0.25, 0.3) is 42.4 Å². The van der Waals surface area contributed by atoms with Crippen molar-refractivity contribution in [3.05, 3.63) is 39.7 Å². The van der Waals surface area contributed by atoms with Crippen LogP contribution in [0.2, 0.25) is 0 Å². The zero-order chi connectivity index (χ0) is 57.1. The molecule has 0 amide bonds. The Labute approximate surface area is 452 Å². The van der Waals surface area contributed by atoms with Crippen molar-refractivity contribution in [3.8, 4) is 0 Å². The fourth-order valence-electron chi connectivity index (χ4n) is 8.47. The molecule has 0 radical (unpaired) electrons. The van der Waals surface area contributed by atoms with Gasteiger partial charge in [-0.3, -0.25) is 51.9 Å². The summed E-state index contributed by atoms with van der Waals surface area (Å²) in [5, 5.41) is 35.6. The number of imidazole rings is 2. The van der Waals surface area contributed by atoms with Gasteiger partial charge in [0.05, 0.1) is 42.7 Å². The zero-order valence-corrected chi connectivity index (χ0v) is 46.8. The molecule has 10 N–H and O–H groups in total. The number of nitrogens with two attached hydrogens (primary N) is 2. The first-order valence-electron chi connectivity index (χ1n) is 23.0. The number of aliphatic hydroxyl groups excluding tert-OH is 3. The fourth-order valence-corrected chi connectivity index (χ4v) is 14.7. The number of methoxy groups -OCH3 is 1. The number of nitrogen functional groups attached to an aromatic ring is 2. The number of aromatic nitrogens is 10. The number of nitrogens with zero attached hydrogens (tertiary/aromatic N) is 10. The van der Waals surface area contributed by atoms with Crippen LogP contribution in [0.4, 0.5) is 29.2 Å². The summed E-state index contributed by atoms with van der Waals surface area (Å²) in [6.07, 6.45) is -14.7. The summed E-state index contributed by atoms with van der Waals surface area (Å²) in [6.45, 7) is 1.02. The van der Waals surface area contributed by atoms with E-state index in [1.54, 1.807) is 14.3 Å². The number of hydrogen-bond donors (Lipinski definition) is 8. The number of phosphoric acid groups is 4. The van der Waals surface area contributed by atoms with Crippen molar-refractivity contribution in [1.29, 1.82) is 0 Å². The quantitative estimate of drug-likeness (QED) is 0.0187. The maximum atomic E-state index is 13.6. The fraction of sp³-hybridized carbons (Fsp3) is 0.583. The summed E-state index contributed by atoms with van der Waals surface area (Å²) >= 11 is -0.951. The predicted octanol–water partition coefficient (Wildman–Crippen LogP) is -3.77. The van der Waals surface area contributed by atoms with Gasteiger partial charge in [-0.2, -0.15) is 9.97 Å². The molecular weight excluding hydrogens is 1260 g/mol. The number of rotatable bonds is 22. The Hall–Kier alpha value is -4.38. The van der Waals surface area contributed by atoms with Gasteiger partial charge >= 0.3 is 0 Å². The maximum absolute atomic E-state index is 13.6. The van der Waals surface area contributed by atoms with Crippen LogP contribution in [-0.2, 0) is 63.9 Å². The SMILES string of the molecule is CO[C@H]1[C@@H](OP(=O)([O-])OC[C@H]2O[C@@H](n3cnc4c(=O)[nH]c(N)nc43)[C@H](O)[C@@H]2O)[C@H](n2cnc3c(N)ncnc32)O[C@@H]1COP(=O)([O-])OP(=O)([O-])OP(=O)([O-])OC[C@H]1O[C@@H](N2C=IN(C)c3c2nc(NCC(C)C)[nH]c3=O)C[C@@H]1O. The van der Waals surface area contributed by atoms with Gasteiger partial charge in [-0.25, -0.2) is 28.6 Å². The molecular formula is C36H48IN15O23P4-4. The molecule has 79 heavy (non-hydrogen) atoms. The highest BCUT2D eigenvalue weighted by Crippen LogP contribution is 2.63. The van der Waals surface area contributed by atoms with Crippen molar-refractivity contribution in [2.24, 2.45) is 5.92 Å². The van der Waals surface area contributed by atoms with Crippen LogP contribution in [0.15, 0.2) is 28.6 Å². The lowest BCUT2D eigenvalue weighted by Crippen LogP contribution is -2.40. The molecule has 0 bridgehead atoms. The van der Waals surface area contributed by atoms with E-state index in [0.717, 1.165) is 35.2 Å². The van der Waals surface area contributed by atoms with E-state index >= 15 is 0 Å². The van der Waals surface area contributed by atoms with Gasteiger partial charge in [-0.15, -0.1) is 0 Å². The first-order chi connectivity index (χ1) is 37.1. The molecule has 4 aliphatic rings. The molecule has 5 aromatic rings. The minimum atomic E-state index is -6.49. The summed E-state index contributed by atoms with van der Waals surface area (Å²) in [5.74, 6) is 0.0707. The number of halogens is 1. The molecule has 9 rings (SSSR count).